The Labute approximate surface area is 55.5 Å². The lowest BCUT2D eigenvalue weighted by atomic mass is 10.1. The van der Waals surface area contributed by atoms with Gasteiger partial charge in [0.1, 0.15) is 0 Å². The smallest absolute Gasteiger partial charge is 0.0673 e. The molecule has 0 fully saturated rings. The van der Waals surface area contributed by atoms with E-state index in [0.717, 1.165) is 0 Å². The first-order chi connectivity index (χ1) is 3.55. The van der Waals surface area contributed by atoms with Crippen molar-refractivity contribution in [3.8, 4) is 0 Å². The Morgan fingerprint density at radius 3 is 1.88 bits per heavy atom. The lowest BCUT2D eigenvalue weighted by Gasteiger charge is -2.16. The van der Waals surface area contributed by atoms with Gasteiger partial charge in [-0.1, -0.05) is 6.92 Å². The van der Waals surface area contributed by atoms with Crippen molar-refractivity contribution >= 4 is 12.6 Å². The van der Waals surface area contributed by atoms with E-state index in [1.165, 1.54) is 0 Å². The zero-order chi connectivity index (χ0) is 6.73. The average molecular weight is 135 g/mol. The molecule has 0 aromatic carbocycles. The van der Waals surface area contributed by atoms with E-state index in [4.69, 9.17) is 10.8 Å². The summed E-state index contributed by atoms with van der Waals surface area (Å²) in [7, 11) is 0. The molecule has 0 radical (unpaired) electrons. The summed E-state index contributed by atoms with van der Waals surface area (Å²) in [5, 5.41) is 8.88. The van der Waals surface area contributed by atoms with Crippen LogP contribution in [0.3, 0.4) is 0 Å². The maximum absolute atomic E-state index is 8.82. The van der Waals surface area contributed by atoms with Crippen LogP contribution in [0.1, 0.15) is 13.8 Å². The molecule has 0 aromatic rings. The third kappa shape index (κ3) is 2.55. The third-order valence-corrected chi connectivity index (χ3v) is 1.46. The zero-order valence-corrected chi connectivity index (χ0v) is 6.10. The summed E-state index contributed by atoms with van der Waals surface area (Å²) in [5.41, 5.74) is 5.43. The monoisotopic (exact) mass is 135 g/mol. The summed E-state index contributed by atoms with van der Waals surface area (Å²) in [6, 6.07) is -0.210. The van der Waals surface area contributed by atoms with Crippen LogP contribution in [-0.4, -0.2) is 22.5 Å². The van der Waals surface area contributed by atoms with Crippen molar-refractivity contribution in [1.82, 2.24) is 0 Å². The molecule has 3 unspecified atom stereocenters. The van der Waals surface area contributed by atoms with Crippen LogP contribution in [0.25, 0.3) is 0 Å². The highest BCUT2D eigenvalue weighted by atomic mass is 32.1. The molecule has 0 saturated heterocycles. The first-order valence-corrected chi connectivity index (χ1v) is 3.19. The fourth-order valence-electron chi connectivity index (χ4n) is 0.403. The number of aliphatic hydroxyl groups is 1. The van der Waals surface area contributed by atoms with Gasteiger partial charge in [-0.25, -0.2) is 0 Å². The topological polar surface area (TPSA) is 46.2 Å². The van der Waals surface area contributed by atoms with Crippen molar-refractivity contribution in [2.24, 2.45) is 5.73 Å². The molecule has 3 N–H and O–H groups in total. The van der Waals surface area contributed by atoms with Crippen molar-refractivity contribution in [1.29, 1.82) is 0 Å². The minimum atomic E-state index is -0.456. The van der Waals surface area contributed by atoms with Gasteiger partial charge in [-0.2, -0.15) is 12.6 Å². The van der Waals surface area contributed by atoms with Crippen LogP contribution < -0.4 is 5.73 Å². The van der Waals surface area contributed by atoms with E-state index in [-0.39, 0.29) is 11.3 Å². The lowest BCUT2D eigenvalue weighted by Crippen LogP contribution is -2.39. The predicted molar refractivity (Wildman–Crippen MR) is 38.1 cm³/mol. The number of thiol groups is 1. The predicted octanol–water partition coefficient (Wildman–Crippen LogP) is 0.0128. The minimum Gasteiger partial charge on any atom is -0.392 e. The van der Waals surface area contributed by atoms with Crippen LogP contribution in [0.2, 0.25) is 0 Å². The van der Waals surface area contributed by atoms with E-state index in [1.54, 1.807) is 6.92 Å². The summed E-state index contributed by atoms with van der Waals surface area (Å²) < 4.78 is 0. The maximum Gasteiger partial charge on any atom is 0.0673 e. The summed E-state index contributed by atoms with van der Waals surface area (Å²) in [6.45, 7) is 3.53. The average Bonchev–Trinajstić information content (AvgIpc) is 1.64. The SMILES string of the molecule is CC(O)C(N)C(C)S. The molecule has 0 amide bonds. The highest BCUT2D eigenvalue weighted by Gasteiger charge is 2.12. The highest BCUT2D eigenvalue weighted by molar-refractivity contribution is 7.81. The van der Waals surface area contributed by atoms with Gasteiger partial charge in [-0.05, 0) is 6.92 Å². The van der Waals surface area contributed by atoms with Gasteiger partial charge in [0.25, 0.3) is 0 Å². The first kappa shape index (κ1) is 8.27. The van der Waals surface area contributed by atoms with Crippen LogP contribution in [0.5, 0.6) is 0 Å². The molecule has 3 atom stereocenters. The van der Waals surface area contributed by atoms with Gasteiger partial charge in [0.05, 0.1) is 6.10 Å². The van der Waals surface area contributed by atoms with Crippen molar-refractivity contribution in [3.63, 3.8) is 0 Å². The second-order valence-corrected chi connectivity index (χ2v) is 2.87. The Morgan fingerprint density at radius 1 is 1.50 bits per heavy atom. The van der Waals surface area contributed by atoms with Crippen molar-refractivity contribution in [3.05, 3.63) is 0 Å². The van der Waals surface area contributed by atoms with Crippen LogP contribution in [-0.2, 0) is 0 Å². The van der Waals surface area contributed by atoms with Gasteiger partial charge in [0.2, 0.25) is 0 Å². The van der Waals surface area contributed by atoms with Crippen molar-refractivity contribution in [2.45, 2.75) is 31.2 Å². The number of hydrogen-bond donors (Lipinski definition) is 3. The molecule has 0 bridgehead atoms. The molecule has 8 heavy (non-hydrogen) atoms. The Morgan fingerprint density at radius 2 is 1.88 bits per heavy atom. The van der Waals surface area contributed by atoms with E-state index in [0.29, 0.717) is 0 Å². The summed E-state index contributed by atoms with van der Waals surface area (Å²) in [4.78, 5) is 0. The Kier molecular flexibility index (Phi) is 3.44. The quantitative estimate of drug-likeness (QED) is 0.467. The minimum absolute atomic E-state index is 0.0648. The number of rotatable bonds is 2. The molecule has 0 aliphatic heterocycles. The van der Waals surface area contributed by atoms with E-state index >= 15 is 0 Å². The highest BCUT2D eigenvalue weighted by Crippen LogP contribution is 2.01. The largest absolute Gasteiger partial charge is 0.392 e. The van der Waals surface area contributed by atoms with Crippen LogP contribution in [0, 0.1) is 0 Å². The maximum atomic E-state index is 8.82. The second kappa shape index (κ2) is 3.33. The summed E-state index contributed by atoms with van der Waals surface area (Å²) in [6.07, 6.45) is -0.456. The van der Waals surface area contributed by atoms with Crippen molar-refractivity contribution in [2.75, 3.05) is 0 Å². The Bertz CT molecular complexity index is 57.4. The zero-order valence-electron chi connectivity index (χ0n) is 5.20. The molecule has 2 nitrogen and oxygen atoms in total. The van der Waals surface area contributed by atoms with Gasteiger partial charge in [0, 0.05) is 11.3 Å². The summed E-state index contributed by atoms with van der Waals surface area (Å²) >= 11 is 4.05. The molecule has 0 spiro atoms. The normalized spacial score (nSPS) is 22.1. The number of hydrogen-bond acceptors (Lipinski definition) is 3. The number of nitrogens with two attached hydrogens (primary N) is 1. The third-order valence-electron chi connectivity index (χ3n) is 1.11. The van der Waals surface area contributed by atoms with Gasteiger partial charge in [0.15, 0.2) is 0 Å². The fraction of sp³-hybridized carbons (Fsp3) is 1.00. The molecule has 50 valence electrons. The van der Waals surface area contributed by atoms with Gasteiger partial charge in [-0.15, -0.1) is 0 Å². The molecular formula is C5H13NOS. The molecule has 3 heteroatoms. The second-order valence-electron chi connectivity index (χ2n) is 2.06. The van der Waals surface area contributed by atoms with E-state index in [9.17, 15) is 0 Å². The van der Waals surface area contributed by atoms with Crippen LogP contribution >= 0.6 is 12.6 Å². The van der Waals surface area contributed by atoms with Crippen LogP contribution in [0.4, 0.5) is 0 Å². The Balaban J connectivity index is 3.46. The van der Waals surface area contributed by atoms with Gasteiger partial charge in [-0.3, -0.25) is 0 Å². The lowest BCUT2D eigenvalue weighted by molar-refractivity contribution is 0.164. The van der Waals surface area contributed by atoms with Crippen molar-refractivity contribution < 1.29 is 5.11 Å². The van der Waals surface area contributed by atoms with E-state index < -0.39 is 6.10 Å². The molecule has 0 heterocycles. The fourth-order valence-corrected chi connectivity index (χ4v) is 0.652. The molecule has 0 aliphatic carbocycles. The molecular weight excluding hydrogens is 122 g/mol. The van der Waals surface area contributed by atoms with E-state index in [2.05, 4.69) is 12.6 Å². The summed E-state index contributed by atoms with van der Waals surface area (Å²) in [5.74, 6) is 0. The number of aliphatic hydroxyl groups excluding tert-OH is 1. The molecule has 0 aromatic heterocycles. The van der Waals surface area contributed by atoms with E-state index in [1.807, 2.05) is 6.92 Å². The standard InChI is InChI=1S/C5H13NOS/c1-3(7)5(6)4(2)8/h3-5,7-8H,6H2,1-2H3. The first-order valence-electron chi connectivity index (χ1n) is 2.67. The van der Waals surface area contributed by atoms with Gasteiger partial charge >= 0.3 is 0 Å². The molecule has 0 rings (SSSR count). The van der Waals surface area contributed by atoms with Gasteiger partial charge < -0.3 is 10.8 Å². The molecule has 0 saturated carbocycles. The Hall–Kier alpha value is 0.270. The van der Waals surface area contributed by atoms with Crippen LogP contribution in [0.15, 0.2) is 0 Å². The molecule has 0 aliphatic rings.